The molecule has 1 aromatic carbocycles. The summed E-state index contributed by atoms with van der Waals surface area (Å²) in [5, 5.41) is 13.0. The molecule has 2 N–H and O–H groups in total. The zero-order valence-corrected chi connectivity index (χ0v) is 13.7. The van der Waals surface area contributed by atoms with Gasteiger partial charge in [0, 0.05) is 31.2 Å². The number of benzene rings is 1. The van der Waals surface area contributed by atoms with Crippen LogP contribution in [0.4, 0.5) is 5.69 Å². The lowest BCUT2D eigenvalue weighted by Crippen LogP contribution is -2.45. The third-order valence-corrected chi connectivity index (χ3v) is 4.95. The van der Waals surface area contributed by atoms with Crippen LogP contribution in [0.1, 0.15) is 39.5 Å². The molecule has 0 aliphatic heterocycles. The van der Waals surface area contributed by atoms with Gasteiger partial charge in [0.2, 0.25) is 0 Å². The maximum Gasteiger partial charge on any atom is 0.115 e. The predicted molar refractivity (Wildman–Crippen MR) is 90.0 cm³/mol. The Morgan fingerprint density at radius 2 is 1.86 bits per heavy atom. The summed E-state index contributed by atoms with van der Waals surface area (Å²) >= 11 is 0. The minimum atomic E-state index is 0.334. The first-order valence-electron chi connectivity index (χ1n) is 8.25. The molecule has 21 heavy (non-hydrogen) atoms. The number of phenols is 1. The number of phenolic OH excluding ortho intramolecular Hbond substituents is 1. The van der Waals surface area contributed by atoms with Gasteiger partial charge in [0.15, 0.2) is 0 Å². The van der Waals surface area contributed by atoms with Crippen molar-refractivity contribution in [1.29, 1.82) is 0 Å². The largest absolute Gasteiger partial charge is 0.508 e. The number of aromatic hydroxyl groups is 1. The first-order valence-corrected chi connectivity index (χ1v) is 8.25. The topological polar surface area (TPSA) is 35.5 Å². The third-order valence-electron chi connectivity index (χ3n) is 4.95. The van der Waals surface area contributed by atoms with E-state index in [1.807, 2.05) is 12.1 Å². The Kier molecular flexibility index (Phi) is 5.51. The average molecular weight is 290 g/mol. The summed E-state index contributed by atoms with van der Waals surface area (Å²) in [5.74, 6) is 1.21. The smallest absolute Gasteiger partial charge is 0.115 e. The van der Waals surface area contributed by atoms with Crippen LogP contribution < -0.4 is 10.2 Å². The minimum Gasteiger partial charge on any atom is -0.508 e. The summed E-state index contributed by atoms with van der Waals surface area (Å²) in [5.41, 5.74) is 1.57. The van der Waals surface area contributed by atoms with Gasteiger partial charge in [0.1, 0.15) is 5.75 Å². The Morgan fingerprint density at radius 1 is 1.24 bits per heavy atom. The minimum absolute atomic E-state index is 0.334. The number of hydrogen-bond acceptors (Lipinski definition) is 3. The van der Waals surface area contributed by atoms with E-state index in [0.29, 0.717) is 11.2 Å². The summed E-state index contributed by atoms with van der Waals surface area (Å²) in [6.07, 6.45) is 5.30. The van der Waals surface area contributed by atoms with Gasteiger partial charge >= 0.3 is 0 Å². The van der Waals surface area contributed by atoms with Gasteiger partial charge in [0.05, 0.1) is 0 Å². The van der Waals surface area contributed by atoms with Crippen molar-refractivity contribution in [3.63, 3.8) is 0 Å². The highest BCUT2D eigenvalue weighted by molar-refractivity contribution is 5.48. The molecule has 1 aromatic rings. The summed E-state index contributed by atoms with van der Waals surface area (Å²) < 4.78 is 0. The second-order valence-electron chi connectivity index (χ2n) is 6.84. The van der Waals surface area contributed by atoms with Gasteiger partial charge in [-0.05, 0) is 49.6 Å². The van der Waals surface area contributed by atoms with E-state index >= 15 is 0 Å². The molecular formula is C18H30N2O. The van der Waals surface area contributed by atoms with Crippen LogP contribution in [0.5, 0.6) is 5.75 Å². The molecule has 1 aliphatic rings. The zero-order chi connectivity index (χ0) is 15.3. The standard InChI is InChI=1S/C18H30N2O/c1-4-19-13-18(11-9-15(2)10-12-18)14-20(3)16-5-7-17(21)8-6-16/h5-8,15,19,21H,4,9-14H2,1-3H3. The van der Waals surface area contributed by atoms with Crippen LogP contribution in [0.2, 0.25) is 0 Å². The second-order valence-corrected chi connectivity index (χ2v) is 6.84. The van der Waals surface area contributed by atoms with Gasteiger partial charge in [-0.25, -0.2) is 0 Å². The van der Waals surface area contributed by atoms with Crippen LogP contribution in [0, 0.1) is 11.3 Å². The highest BCUT2D eigenvalue weighted by Crippen LogP contribution is 2.39. The fraction of sp³-hybridized carbons (Fsp3) is 0.667. The first-order chi connectivity index (χ1) is 10.0. The number of nitrogens with zero attached hydrogens (tertiary/aromatic N) is 1. The number of nitrogens with one attached hydrogen (secondary N) is 1. The summed E-state index contributed by atoms with van der Waals surface area (Å²) in [6, 6.07) is 7.54. The molecule has 0 heterocycles. The Hall–Kier alpha value is -1.22. The number of hydrogen-bond donors (Lipinski definition) is 2. The molecule has 1 fully saturated rings. The van der Waals surface area contributed by atoms with Gasteiger partial charge in [0.25, 0.3) is 0 Å². The molecule has 3 nitrogen and oxygen atoms in total. The van der Waals surface area contributed by atoms with E-state index in [9.17, 15) is 5.11 Å². The molecule has 118 valence electrons. The van der Waals surface area contributed by atoms with E-state index in [0.717, 1.165) is 25.6 Å². The molecule has 0 amide bonds. The van der Waals surface area contributed by atoms with Crippen LogP contribution in [-0.2, 0) is 0 Å². The first kappa shape index (κ1) is 16.2. The van der Waals surface area contributed by atoms with Gasteiger partial charge in [-0.1, -0.05) is 26.7 Å². The van der Waals surface area contributed by atoms with Crippen LogP contribution >= 0.6 is 0 Å². The molecule has 1 saturated carbocycles. The lowest BCUT2D eigenvalue weighted by Gasteiger charge is -2.42. The lowest BCUT2D eigenvalue weighted by molar-refractivity contribution is 0.158. The van der Waals surface area contributed by atoms with E-state index < -0.39 is 0 Å². The molecule has 2 rings (SSSR count). The number of rotatable bonds is 6. The van der Waals surface area contributed by atoms with E-state index in [-0.39, 0.29) is 0 Å². The number of anilines is 1. The van der Waals surface area contributed by atoms with Crippen LogP contribution in [0.15, 0.2) is 24.3 Å². The van der Waals surface area contributed by atoms with Crippen LogP contribution in [-0.4, -0.2) is 31.8 Å². The maximum atomic E-state index is 9.43. The van der Waals surface area contributed by atoms with Gasteiger partial charge in [-0.15, -0.1) is 0 Å². The molecule has 0 unspecified atom stereocenters. The van der Waals surface area contributed by atoms with Crippen molar-refractivity contribution in [2.24, 2.45) is 11.3 Å². The molecule has 0 saturated heterocycles. The van der Waals surface area contributed by atoms with Crippen molar-refractivity contribution in [3.8, 4) is 5.75 Å². The fourth-order valence-corrected chi connectivity index (χ4v) is 3.46. The van der Waals surface area contributed by atoms with E-state index in [1.165, 1.54) is 31.4 Å². The molecule has 0 bridgehead atoms. The van der Waals surface area contributed by atoms with E-state index in [1.54, 1.807) is 12.1 Å². The highest BCUT2D eigenvalue weighted by atomic mass is 16.3. The van der Waals surface area contributed by atoms with Gasteiger partial charge in [-0.3, -0.25) is 0 Å². The van der Waals surface area contributed by atoms with Gasteiger partial charge in [-0.2, -0.15) is 0 Å². The maximum absolute atomic E-state index is 9.43. The summed E-state index contributed by atoms with van der Waals surface area (Å²) in [4.78, 5) is 2.34. The van der Waals surface area contributed by atoms with Crippen molar-refractivity contribution >= 4 is 5.69 Å². The predicted octanol–water partition coefficient (Wildman–Crippen LogP) is 3.63. The Balaban J connectivity index is 2.05. The second kappa shape index (κ2) is 7.17. The fourth-order valence-electron chi connectivity index (χ4n) is 3.46. The quantitative estimate of drug-likeness (QED) is 0.839. The van der Waals surface area contributed by atoms with Crippen molar-refractivity contribution < 1.29 is 5.11 Å². The summed E-state index contributed by atoms with van der Waals surface area (Å²) in [6.45, 7) is 7.79. The summed E-state index contributed by atoms with van der Waals surface area (Å²) in [7, 11) is 2.16. The molecule has 0 atom stereocenters. The van der Waals surface area contributed by atoms with E-state index in [2.05, 4.69) is 31.1 Å². The zero-order valence-electron chi connectivity index (χ0n) is 13.7. The highest BCUT2D eigenvalue weighted by Gasteiger charge is 2.34. The Labute approximate surface area is 129 Å². The lowest BCUT2D eigenvalue weighted by atomic mass is 9.70. The van der Waals surface area contributed by atoms with Crippen LogP contribution in [0.3, 0.4) is 0 Å². The SMILES string of the molecule is CCNCC1(CN(C)c2ccc(O)cc2)CCC(C)CC1. The van der Waals surface area contributed by atoms with Crippen molar-refractivity contribution in [2.75, 3.05) is 31.6 Å². The molecule has 0 radical (unpaired) electrons. The van der Waals surface area contributed by atoms with Crippen molar-refractivity contribution in [2.45, 2.75) is 39.5 Å². The third kappa shape index (κ3) is 4.37. The van der Waals surface area contributed by atoms with Crippen LogP contribution in [0.25, 0.3) is 0 Å². The van der Waals surface area contributed by atoms with Crippen molar-refractivity contribution in [3.05, 3.63) is 24.3 Å². The molecule has 0 aromatic heterocycles. The Bertz CT molecular complexity index is 416. The average Bonchev–Trinajstić information content (AvgIpc) is 2.49. The molecule has 3 heteroatoms. The molecule has 1 aliphatic carbocycles. The van der Waals surface area contributed by atoms with E-state index in [4.69, 9.17) is 0 Å². The normalized spacial score (nSPS) is 25.8. The Morgan fingerprint density at radius 3 is 2.43 bits per heavy atom. The van der Waals surface area contributed by atoms with Gasteiger partial charge < -0.3 is 15.3 Å². The monoisotopic (exact) mass is 290 g/mol. The molecule has 0 spiro atoms. The molecular weight excluding hydrogens is 260 g/mol. The van der Waals surface area contributed by atoms with Crippen molar-refractivity contribution in [1.82, 2.24) is 5.32 Å².